The third-order valence-electron chi connectivity index (χ3n) is 2.75. The second-order valence-corrected chi connectivity index (χ2v) is 9.59. The monoisotopic (exact) mass is 373 g/mol. The molecule has 0 N–H and O–H groups in total. The summed E-state index contributed by atoms with van der Waals surface area (Å²) in [6.45, 7) is 5.12. The van der Waals surface area contributed by atoms with Crippen LogP contribution in [-0.4, -0.2) is 71.2 Å². The van der Waals surface area contributed by atoms with Crippen molar-refractivity contribution in [3.8, 4) is 0 Å². The quantitative estimate of drug-likeness (QED) is 0.647. The maximum absolute atomic E-state index is 12.1. The van der Waals surface area contributed by atoms with E-state index >= 15 is 0 Å². The normalized spacial score (nSPS) is 23.6. The first-order chi connectivity index (χ1) is 10.2. The van der Waals surface area contributed by atoms with Crippen molar-refractivity contribution in [2.75, 3.05) is 25.6 Å². The zero-order valence-electron chi connectivity index (χ0n) is 13.8. The van der Waals surface area contributed by atoms with Crippen LogP contribution in [0.2, 0.25) is 0 Å². The summed E-state index contributed by atoms with van der Waals surface area (Å²) >= 11 is 0. The van der Waals surface area contributed by atoms with Crippen LogP contribution in [0.4, 0.5) is 4.79 Å². The van der Waals surface area contributed by atoms with Crippen molar-refractivity contribution >= 4 is 26.3 Å². The van der Waals surface area contributed by atoms with Gasteiger partial charge < -0.3 is 9.64 Å². The van der Waals surface area contributed by atoms with Crippen LogP contribution in [0.15, 0.2) is 0 Å². The Hall–Kier alpha value is -0.910. The molecule has 1 aliphatic heterocycles. The molecule has 0 saturated carbocycles. The molecule has 0 spiro atoms. The predicted octanol–water partition coefficient (Wildman–Crippen LogP) is 0.317. The summed E-state index contributed by atoms with van der Waals surface area (Å²) in [5.41, 5.74) is -0.704. The molecule has 11 heteroatoms. The number of carbonyl (C=O) groups excluding carboxylic acids is 1. The molecule has 1 saturated heterocycles. The topological polar surface area (TPSA) is 116 Å². The molecule has 9 nitrogen and oxygen atoms in total. The summed E-state index contributed by atoms with van der Waals surface area (Å²) in [6.07, 6.45) is -0.925. The van der Waals surface area contributed by atoms with E-state index in [0.717, 1.165) is 12.5 Å². The van der Waals surface area contributed by atoms with Gasteiger partial charge in [-0.15, -0.1) is 0 Å². The summed E-state index contributed by atoms with van der Waals surface area (Å²) in [5.74, 6) is 0. The fourth-order valence-electron chi connectivity index (χ4n) is 2.04. The van der Waals surface area contributed by atoms with E-state index in [4.69, 9.17) is 13.1 Å². The van der Waals surface area contributed by atoms with Crippen molar-refractivity contribution in [2.24, 2.45) is 0 Å². The predicted molar refractivity (Wildman–Crippen MR) is 81.9 cm³/mol. The van der Waals surface area contributed by atoms with Crippen molar-refractivity contribution in [2.45, 2.75) is 45.0 Å². The lowest BCUT2D eigenvalue weighted by molar-refractivity contribution is -0.0236. The maximum Gasteiger partial charge on any atom is 0.410 e. The number of carbonyl (C=O) groups is 1. The lowest BCUT2D eigenvalue weighted by atomic mass is 10.1. The van der Waals surface area contributed by atoms with Crippen molar-refractivity contribution in [3.63, 3.8) is 0 Å². The Kier molecular flexibility index (Phi) is 6.05. The zero-order valence-corrected chi connectivity index (χ0v) is 15.4. The summed E-state index contributed by atoms with van der Waals surface area (Å²) in [6, 6.07) is 0. The van der Waals surface area contributed by atoms with Crippen molar-refractivity contribution in [1.29, 1.82) is 0 Å². The first kappa shape index (κ1) is 20.1. The number of hydrogen-bond donors (Lipinski definition) is 0. The van der Waals surface area contributed by atoms with Gasteiger partial charge in [0.2, 0.25) is 0 Å². The van der Waals surface area contributed by atoms with E-state index < -0.39 is 44.1 Å². The fourth-order valence-corrected chi connectivity index (χ4v) is 3.34. The molecule has 0 aromatic carbocycles. The molecule has 1 rings (SSSR count). The van der Waals surface area contributed by atoms with Crippen molar-refractivity contribution in [3.05, 3.63) is 0 Å². The van der Waals surface area contributed by atoms with Crippen LogP contribution in [0.25, 0.3) is 0 Å². The van der Waals surface area contributed by atoms with Crippen LogP contribution >= 0.6 is 0 Å². The van der Waals surface area contributed by atoms with Gasteiger partial charge in [-0.05, 0) is 27.2 Å². The van der Waals surface area contributed by atoms with Gasteiger partial charge in [0.25, 0.3) is 20.2 Å². The van der Waals surface area contributed by atoms with Crippen molar-refractivity contribution in [1.82, 2.24) is 4.90 Å². The highest BCUT2D eigenvalue weighted by atomic mass is 32.2. The average Bonchev–Trinajstić information content (AvgIpc) is 2.25. The van der Waals surface area contributed by atoms with Gasteiger partial charge in [-0.2, -0.15) is 16.8 Å². The second-order valence-electron chi connectivity index (χ2n) is 6.39. The van der Waals surface area contributed by atoms with Gasteiger partial charge in [0.15, 0.2) is 0 Å². The molecule has 136 valence electrons. The van der Waals surface area contributed by atoms with Gasteiger partial charge in [0, 0.05) is 6.54 Å². The zero-order chi connectivity index (χ0) is 18.1. The highest BCUT2D eigenvalue weighted by Crippen LogP contribution is 2.22. The summed E-state index contributed by atoms with van der Waals surface area (Å²) in [7, 11) is -7.64. The largest absolute Gasteiger partial charge is 0.444 e. The number of likely N-dealkylation sites (tertiary alicyclic amines) is 1. The van der Waals surface area contributed by atoms with E-state index in [9.17, 15) is 21.6 Å². The van der Waals surface area contributed by atoms with Gasteiger partial charge in [-0.1, -0.05) is 0 Å². The third-order valence-corrected chi connectivity index (χ3v) is 3.94. The molecule has 0 aromatic rings. The smallest absolute Gasteiger partial charge is 0.410 e. The molecule has 2 atom stereocenters. The van der Waals surface area contributed by atoms with Crippen LogP contribution in [-0.2, 0) is 33.3 Å². The molecule has 0 aliphatic carbocycles. The molecule has 1 aliphatic rings. The van der Waals surface area contributed by atoms with Gasteiger partial charge in [0.05, 0.1) is 19.1 Å². The summed E-state index contributed by atoms with van der Waals surface area (Å²) < 4.78 is 60.2. The second kappa shape index (κ2) is 6.91. The Morgan fingerprint density at radius 2 is 1.48 bits per heavy atom. The number of piperidine rings is 1. The van der Waals surface area contributed by atoms with E-state index in [-0.39, 0.29) is 19.5 Å². The molecule has 1 fully saturated rings. The van der Waals surface area contributed by atoms with Crippen LogP contribution < -0.4 is 0 Å². The Balaban J connectivity index is 2.88. The van der Waals surface area contributed by atoms with Crippen molar-refractivity contribution < 1.29 is 34.7 Å². The number of hydrogen-bond acceptors (Lipinski definition) is 8. The third kappa shape index (κ3) is 7.95. The number of nitrogens with zero attached hydrogens (tertiary/aromatic N) is 1. The van der Waals surface area contributed by atoms with E-state index in [1.165, 1.54) is 4.90 Å². The van der Waals surface area contributed by atoms with E-state index in [1.54, 1.807) is 20.8 Å². The van der Waals surface area contributed by atoms with Gasteiger partial charge in [-0.25, -0.2) is 4.79 Å². The average molecular weight is 373 g/mol. The molecular weight excluding hydrogens is 350 g/mol. The van der Waals surface area contributed by atoms with Crippen LogP contribution in [0, 0.1) is 0 Å². The molecule has 1 amide bonds. The molecule has 1 unspecified atom stereocenters. The minimum absolute atomic E-state index is 0.104. The number of rotatable bonds is 4. The van der Waals surface area contributed by atoms with Gasteiger partial charge in [-0.3, -0.25) is 8.37 Å². The fraction of sp³-hybridized carbons (Fsp3) is 0.917. The number of ether oxygens (including phenoxy) is 1. The van der Waals surface area contributed by atoms with Crippen LogP contribution in [0.3, 0.4) is 0 Å². The summed E-state index contributed by atoms with van der Waals surface area (Å²) in [4.78, 5) is 13.3. The Morgan fingerprint density at radius 1 is 1.00 bits per heavy atom. The highest BCUT2D eigenvalue weighted by Gasteiger charge is 2.38. The standard InChI is InChI=1S/C12H23NO8S2/c1-12(2,3)19-11(14)13-7-6-9(20-22(4,15)16)10(8-13)21-23(5,17)18/h9-10H,6-8H2,1-5H3/t9-,10?/m0/s1. The SMILES string of the molecule is CC(C)(C)OC(=O)N1CC[C@H](OS(C)(=O)=O)C(OS(C)(=O)=O)C1. The minimum atomic E-state index is -3.85. The first-order valence-electron chi connectivity index (χ1n) is 6.91. The Labute approximate surface area is 137 Å². The van der Waals surface area contributed by atoms with Gasteiger partial charge >= 0.3 is 6.09 Å². The Morgan fingerprint density at radius 3 is 1.91 bits per heavy atom. The van der Waals surface area contributed by atoms with E-state index in [2.05, 4.69) is 0 Å². The van der Waals surface area contributed by atoms with Crippen LogP contribution in [0.1, 0.15) is 27.2 Å². The molecule has 0 bridgehead atoms. The molecule has 1 heterocycles. The molecule has 0 radical (unpaired) electrons. The lowest BCUT2D eigenvalue weighted by Gasteiger charge is -2.37. The van der Waals surface area contributed by atoms with E-state index in [0.29, 0.717) is 0 Å². The number of amides is 1. The maximum atomic E-state index is 12.1. The summed E-state index contributed by atoms with van der Waals surface area (Å²) in [5, 5.41) is 0. The molecular formula is C12H23NO8S2. The van der Waals surface area contributed by atoms with Crippen LogP contribution in [0.5, 0.6) is 0 Å². The van der Waals surface area contributed by atoms with Gasteiger partial charge in [0.1, 0.15) is 17.8 Å². The van der Waals surface area contributed by atoms with E-state index in [1.807, 2.05) is 0 Å². The molecule has 0 aromatic heterocycles. The molecule has 23 heavy (non-hydrogen) atoms. The lowest BCUT2D eigenvalue weighted by Crippen LogP contribution is -2.52. The highest BCUT2D eigenvalue weighted by molar-refractivity contribution is 7.86. The minimum Gasteiger partial charge on any atom is -0.444 e. The Bertz CT molecular complexity index is 634. The first-order valence-corrected chi connectivity index (χ1v) is 10.5.